The first kappa shape index (κ1) is 15.4. The van der Waals surface area contributed by atoms with E-state index in [1.165, 1.54) is 0 Å². The van der Waals surface area contributed by atoms with E-state index in [9.17, 15) is 13.6 Å². The van der Waals surface area contributed by atoms with Crippen molar-refractivity contribution in [3.63, 3.8) is 0 Å². The van der Waals surface area contributed by atoms with Crippen molar-refractivity contribution in [2.45, 2.75) is 32.6 Å². The van der Waals surface area contributed by atoms with Crippen LogP contribution in [-0.4, -0.2) is 23.9 Å². The summed E-state index contributed by atoms with van der Waals surface area (Å²) < 4.78 is 28.0. The van der Waals surface area contributed by atoms with E-state index in [-0.39, 0.29) is 0 Å². The molecule has 1 aromatic carbocycles. The van der Waals surface area contributed by atoms with Crippen LogP contribution in [0.15, 0.2) is 16.6 Å². The molecule has 110 valence electrons. The molecule has 1 unspecified atom stereocenters. The molecule has 1 aromatic rings. The number of hydrogen-bond acceptors (Lipinski definition) is 1. The van der Waals surface area contributed by atoms with Gasteiger partial charge in [0, 0.05) is 17.6 Å². The van der Waals surface area contributed by atoms with Gasteiger partial charge in [0.1, 0.15) is 17.2 Å². The van der Waals surface area contributed by atoms with Gasteiger partial charge >= 0.3 is 0 Å². The molecule has 1 fully saturated rings. The van der Waals surface area contributed by atoms with E-state index in [0.717, 1.165) is 37.8 Å². The minimum atomic E-state index is -0.807. The summed E-state index contributed by atoms with van der Waals surface area (Å²) in [5.74, 6) is -1.55. The van der Waals surface area contributed by atoms with Gasteiger partial charge in [-0.25, -0.2) is 8.78 Å². The Hall–Kier alpha value is -0.970. The number of rotatable bonds is 2. The van der Waals surface area contributed by atoms with E-state index >= 15 is 0 Å². The van der Waals surface area contributed by atoms with Gasteiger partial charge in [-0.05, 0) is 37.3 Å². The van der Waals surface area contributed by atoms with Crippen molar-refractivity contribution in [3.8, 4) is 0 Å². The highest BCUT2D eigenvalue weighted by Crippen LogP contribution is 2.24. The van der Waals surface area contributed by atoms with Crippen molar-refractivity contribution in [3.05, 3.63) is 33.8 Å². The van der Waals surface area contributed by atoms with E-state index in [4.69, 9.17) is 0 Å². The molecule has 0 saturated carbocycles. The van der Waals surface area contributed by atoms with Crippen molar-refractivity contribution in [2.24, 2.45) is 5.92 Å². The van der Waals surface area contributed by atoms with Gasteiger partial charge < -0.3 is 4.90 Å². The van der Waals surface area contributed by atoms with Crippen molar-refractivity contribution in [2.75, 3.05) is 13.1 Å². The normalized spacial score (nSPS) is 19.8. The van der Waals surface area contributed by atoms with E-state index < -0.39 is 23.1 Å². The predicted octanol–water partition coefficient (Wildman–Crippen LogP) is 4.38. The Morgan fingerprint density at radius 1 is 1.30 bits per heavy atom. The monoisotopic (exact) mass is 345 g/mol. The second-order valence-electron chi connectivity index (χ2n) is 5.24. The average Bonchev–Trinajstić information content (AvgIpc) is 2.62. The highest BCUT2D eigenvalue weighted by Gasteiger charge is 2.25. The Kier molecular flexibility index (Phi) is 5.13. The minimum absolute atomic E-state index is 0.297. The molecule has 1 amide bonds. The molecule has 1 atom stereocenters. The lowest BCUT2D eigenvalue weighted by Gasteiger charge is -2.21. The highest BCUT2D eigenvalue weighted by molar-refractivity contribution is 9.10. The first-order valence-corrected chi connectivity index (χ1v) is 7.76. The van der Waals surface area contributed by atoms with Crippen molar-refractivity contribution in [1.29, 1.82) is 0 Å². The van der Waals surface area contributed by atoms with Crippen LogP contribution in [-0.2, 0) is 0 Å². The van der Waals surface area contributed by atoms with Gasteiger partial charge in [-0.3, -0.25) is 4.79 Å². The molecule has 1 aliphatic rings. The van der Waals surface area contributed by atoms with Gasteiger partial charge in [-0.1, -0.05) is 29.3 Å². The Labute approximate surface area is 126 Å². The Morgan fingerprint density at radius 2 is 1.95 bits per heavy atom. The van der Waals surface area contributed by atoms with Gasteiger partial charge in [0.15, 0.2) is 0 Å². The number of halogens is 3. The molecule has 0 aromatic heterocycles. The van der Waals surface area contributed by atoms with Crippen molar-refractivity contribution >= 4 is 21.8 Å². The smallest absolute Gasteiger partial charge is 0.259 e. The fraction of sp³-hybridized carbons (Fsp3) is 0.533. The third-order valence-electron chi connectivity index (χ3n) is 3.93. The molecule has 2 rings (SSSR count). The van der Waals surface area contributed by atoms with Crippen molar-refractivity contribution < 1.29 is 13.6 Å². The molecule has 0 bridgehead atoms. The summed E-state index contributed by atoms with van der Waals surface area (Å²) in [5, 5.41) is 0. The second kappa shape index (κ2) is 6.66. The van der Waals surface area contributed by atoms with Crippen LogP contribution >= 0.6 is 15.9 Å². The highest BCUT2D eigenvalue weighted by atomic mass is 79.9. The van der Waals surface area contributed by atoms with Gasteiger partial charge in [0.25, 0.3) is 5.91 Å². The molecule has 0 aliphatic carbocycles. The number of hydrogen-bond donors (Lipinski definition) is 0. The summed E-state index contributed by atoms with van der Waals surface area (Å²) in [7, 11) is 0. The van der Waals surface area contributed by atoms with E-state index in [1.54, 1.807) is 4.90 Å². The number of carbonyl (C=O) groups is 1. The molecule has 1 heterocycles. The van der Waals surface area contributed by atoms with Crippen LogP contribution in [0.2, 0.25) is 0 Å². The third kappa shape index (κ3) is 3.37. The minimum Gasteiger partial charge on any atom is -0.338 e. The average molecular weight is 346 g/mol. The molecular formula is C15H18BrF2NO. The molecule has 2 nitrogen and oxygen atoms in total. The topological polar surface area (TPSA) is 20.3 Å². The molecule has 1 aliphatic heterocycles. The van der Waals surface area contributed by atoms with E-state index in [2.05, 4.69) is 22.9 Å². The molecule has 5 heteroatoms. The van der Waals surface area contributed by atoms with Crippen LogP contribution in [0.4, 0.5) is 8.78 Å². The zero-order chi connectivity index (χ0) is 14.7. The Morgan fingerprint density at radius 3 is 2.55 bits per heavy atom. The van der Waals surface area contributed by atoms with Crippen LogP contribution in [0.1, 0.15) is 43.0 Å². The lowest BCUT2D eigenvalue weighted by molar-refractivity contribution is 0.0750. The van der Waals surface area contributed by atoms with Crippen LogP contribution in [0.5, 0.6) is 0 Å². The number of carbonyl (C=O) groups excluding carboxylic acids is 1. The maximum Gasteiger partial charge on any atom is 0.259 e. The summed E-state index contributed by atoms with van der Waals surface area (Å²) >= 11 is 3.02. The fourth-order valence-electron chi connectivity index (χ4n) is 2.68. The molecule has 0 radical (unpaired) electrons. The summed E-state index contributed by atoms with van der Waals surface area (Å²) in [6.07, 6.45) is 3.96. The van der Waals surface area contributed by atoms with Crippen LogP contribution in [0.3, 0.4) is 0 Å². The lowest BCUT2D eigenvalue weighted by atomic mass is 9.98. The summed E-state index contributed by atoms with van der Waals surface area (Å²) in [6, 6.07) is 2.26. The SMILES string of the molecule is CCC1CCCN(C(=O)c2c(F)cc(Br)cc2F)CC1. The summed E-state index contributed by atoms with van der Waals surface area (Å²) in [6.45, 7) is 3.28. The van der Waals surface area contributed by atoms with Gasteiger partial charge in [0.05, 0.1) is 0 Å². The molecule has 20 heavy (non-hydrogen) atoms. The number of benzene rings is 1. The van der Waals surface area contributed by atoms with Crippen LogP contribution in [0, 0.1) is 17.6 Å². The predicted molar refractivity (Wildman–Crippen MR) is 77.6 cm³/mol. The second-order valence-corrected chi connectivity index (χ2v) is 6.16. The number of nitrogens with zero attached hydrogens (tertiary/aromatic N) is 1. The molecule has 1 saturated heterocycles. The standard InChI is InChI=1S/C15H18BrF2NO/c1-2-10-4-3-6-19(7-5-10)15(20)14-12(17)8-11(16)9-13(14)18/h8-10H,2-7H2,1H3. The molecular weight excluding hydrogens is 328 g/mol. The Bertz CT molecular complexity index is 484. The van der Waals surface area contributed by atoms with Gasteiger partial charge in [0.2, 0.25) is 0 Å². The quantitative estimate of drug-likeness (QED) is 0.778. The lowest BCUT2D eigenvalue weighted by Crippen LogP contribution is -2.33. The summed E-state index contributed by atoms with van der Waals surface area (Å²) in [4.78, 5) is 13.9. The summed E-state index contributed by atoms with van der Waals surface area (Å²) in [5.41, 5.74) is -0.442. The largest absolute Gasteiger partial charge is 0.338 e. The first-order chi connectivity index (χ1) is 9.52. The van der Waals surface area contributed by atoms with E-state index in [0.29, 0.717) is 23.5 Å². The third-order valence-corrected chi connectivity index (χ3v) is 4.39. The van der Waals surface area contributed by atoms with Gasteiger partial charge in [-0.15, -0.1) is 0 Å². The van der Waals surface area contributed by atoms with Crippen LogP contribution < -0.4 is 0 Å². The fourth-order valence-corrected chi connectivity index (χ4v) is 3.08. The van der Waals surface area contributed by atoms with Gasteiger partial charge in [-0.2, -0.15) is 0 Å². The van der Waals surface area contributed by atoms with E-state index in [1.807, 2.05) is 0 Å². The van der Waals surface area contributed by atoms with Crippen LogP contribution in [0.25, 0.3) is 0 Å². The van der Waals surface area contributed by atoms with Crippen molar-refractivity contribution in [1.82, 2.24) is 4.90 Å². The Balaban J connectivity index is 2.19. The maximum atomic E-state index is 13.8. The number of amides is 1. The maximum absolute atomic E-state index is 13.8. The molecule has 0 N–H and O–H groups in total. The first-order valence-electron chi connectivity index (χ1n) is 6.96. The zero-order valence-corrected chi connectivity index (χ0v) is 13.1. The zero-order valence-electron chi connectivity index (χ0n) is 11.5. The molecule has 0 spiro atoms. The number of likely N-dealkylation sites (tertiary alicyclic amines) is 1.